The van der Waals surface area contributed by atoms with E-state index in [9.17, 15) is 60.7 Å². The van der Waals surface area contributed by atoms with E-state index in [1.165, 1.54) is 6.92 Å². The molecule has 0 aromatic heterocycles. The molecule has 0 radical (unpaired) electrons. The summed E-state index contributed by atoms with van der Waals surface area (Å²) in [6.45, 7) is 8.61. The number of rotatable bonds is 14. The van der Waals surface area contributed by atoms with Crippen molar-refractivity contribution in [1.82, 2.24) is 0 Å². The first-order valence-electron chi connectivity index (χ1n) is 23.4. The summed E-state index contributed by atoms with van der Waals surface area (Å²) in [5, 5.41) is 105. The molecule has 0 amide bonds. The van der Waals surface area contributed by atoms with Crippen LogP contribution in [0.1, 0.15) is 98.8 Å². The SMILES string of the molecule is C[C@@H](CO)CCC(=O)[C@@H](C)[C@H]1CC[C@H]2[C@@H]3CC(=O)[C@H]4C[C@@H](O[C@@H]5O[C@H](CO)[C@@H](O[C@@H]6O[C@H](CO)[C@@H](O)[C@H](O)[C@H]6O)[C@H](O)[C@H]5O[C@@H]5O[C@@H](C)[C@H](O)[C@@H](O)[C@H]5O)CC[C@]4(C)[C@H]3CC[C@]12C. The number of ketones is 2. The van der Waals surface area contributed by atoms with E-state index in [-0.39, 0.29) is 58.6 Å². The summed E-state index contributed by atoms with van der Waals surface area (Å²) in [6, 6.07) is 0. The Hall–Kier alpha value is -1.30. The van der Waals surface area contributed by atoms with Crippen LogP contribution in [0.5, 0.6) is 0 Å². The van der Waals surface area contributed by atoms with Crippen LogP contribution < -0.4 is 0 Å². The van der Waals surface area contributed by atoms with Gasteiger partial charge in [0.15, 0.2) is 18.9 Å². The van der Waals surface area contributed by atoms with Gasteiger partial charge in [0.2, 0.25) is 0 Å². The Labute approximate surface area is 369 Å². The Morgan fingerprint density at radius 3 is 1.97 bits per heavy atom. The van der Waals surface area contributed by atoms with Gasteiger partial charge >= 0.3 is 0 Å². The van der Waals surface area contributed by atoms with E-state index >= 15 is 0 Å². The largest absolute Gasteiger partial charge is 0.396 e. The summed E-state index contributed by atoms with van der Waals surface area (Å²) < 4.78 is 36.1. The van der Waals surface area contributed by atoms with Crippen LogP contribution in [0.4, 0.5) is 0 Å². The molecule has 10 N–H and O–H groups in total. The third-order valence-corrected chi connectivity index (χ3v) is 17.2. The fourth-order valence-corrected chi connectivity index (χ4v) is 13.2. The quantitative estimate of drug-likeness (QED) is 0.0965. The second-order valence-electron chi connectivity index (χ2n) is 20.7. The Kier molecular flexibility index (Phi) is 15.5. The van der Waals surface area contributed by atoms with Gasteiger partial charge in [0.05, 0.1) is 25.4 Å². The van der Waals surface area contributed by atoms with Gasteiger partial charge in [-0.2, -0.15) is 0 Å². The van der Waals surface area contributed by atoms with E-state index in [4.69, 9.17) is 28.4 Å². The van der Waals surface area contributed by atoms with E-state index in [0.717, 1.165) is 25.7 Å². The van der Waals surface area contributed by atoms with Gasteiger partial charge in [-0.25, -0.2) is 0 Å². The lowest BCUT2D eigenvalue weighted by Crippen LogP contribution is -2.67. The van der Waals surface area contributed by atoms with Gasteiger partial charge in [-0.05, 0) is 98.7 Å². The maximum atomic E-state index is 14.4. The number of hydrogen-bond donors (Lipinski definition) is 10. The molecule has 4 aliphatic carbocycles. The number of hydrogen-bond acceptors (Lipinski definition) is 18. The third-order valence-electron chi connectivity index (χ3n) is 17.2. The second-order valence-corrected chi connectivity index (χ2v) is 20.7. The zero-order valence-corrected chi connectivity index (χ0v) is 37.2. The Balaban J connectivity index is 1.07. The van der Waals surface area contributed by atoms with Crippen LogP contribution >= 0.6 is 0 Å². The van der Waals surface area contributed by atoms with Crippen LogP contribution in [0, 0.1) is 52.3 Å². The summed E-state index contributed by atoms with van der Waals surface area (Å²) in [5.74, 6) is 1.16. The lowest BCUT2D eigenvalue weighted by molar-refractivity contribution is -0.390. The minimum atomic E-state index is -1.86. The minimum Gasteiger partial charge on any atom is -0.396 e. The average molecular weight is 903 g/mol. The van der Waals surface area contributed by atoms with Crippen LogP contribution in [0.3, 0.4) is 0 Å². The molecule has 0 bridgehead atoms. The van der Waals surface area contributed by atoms with Gasteiger partial charge in [-0.3, -0.25) is 9.59 Å². The first-order valence-corrected chi connectivity index (χ1v) is 23.4. The average Bonchev–Trinajstić information content (AvgIpc) is 3.62. The third kappa shape index (κ3) is 9.21. The monoisotopic (exact) mass is 902 g/mol. The lowest BCUT2D eigenvalue weighted by Gasteiger charge is -2.60. The summed E-state index contributed by atoms with van der Waals surface area (Å²) in [7, 11) is 0. The van der Waals surface area contributed by atoms with Crippen LogP contribution in [0.2, 0.25) is 0 Å². The molecule has 0 aromatic rings. The molecule has 7 fully saturated rings. The molecule has 0 aromatic carbocycles. The molecule has 3 aliphatic heterocycles. The molecule has 3 heterocycles. The number of carbonyl (C=O) groups is 2. The van der Waals surface area contributed by atoms with Crippen molar-refractivity contribution in [2.45, 2.75) is 197 Å². The standard InChI is InChI=1S/C45H74O18/c1-19(16-46)6-9-28(49)20(2)24-7-8-25-23-15-29(50)27-14-22(10-12-45(27,5)26(23)11-13-44(24,25)4)59-43-40(63-41-36(55)34(53)32(51)21(3)58-41)38(57)39(31(18-48)61-43)62-42-37(56)35(54)33(52)30(17-47)60-42/h19-27,30-43,46-48,51-57H,6-18H2,1-5H3/t19-,20+,21+,22+,23+,24-,25+,26+,27-,30-,31-,32+,33-,34-,35+,36-,37-,38+,39-,40-,41+,42+,43-,44-,45-/m1/s1. The van der Waals surface area contributed by atoms with Crippen molar-refractivity contribution < 1.29 is 89.1 Å². The molecule has 7 aliphatic rings. The molecule has 362 valence electrons. The predicted octanol–water partition coefficient (Wildman–Crippen LogP) is -0.701. The van der Waals surface area contributed by atoms with Crippen molar-refractivity contribution in [2.24, 2.45) is 52.3 Å². The Morgan fingerprint density at radius 1 is 0.698 bits per heavy atom. The normalized spacial score (nSPS) is 51.2. The Bertz CT molecular complexity index is 1570. The van der Waals surface area contributed by atoms with E-state index in [2.05, 4.69) is 20.8 Å². The first-order chi connectivity index (χ1) is 29.8. The highest BCUT2D eigenvalue weighted by Gasteiger charge is 2.64. The second kappa shape index (κ2) is 19.7. The summed E-state index contributed by atoms with van der Waals surface area (Å²) in [4.78, 5) is 27.8. The summed E-state index contributed by atoms with van der Waals surface area (Å²) in [6.07, 6.45) is -17.3. The van der Waals surface area contributed by atoms with Crippen molar-refractivity contribution in [1.29, 1.82) is 0 Å². The molecular formula is C45H74O18. The first kappa shape index (κ1) is 49.6. The van der Waals surface area contributed by atoms with Crippen LogP contribution in [0.15, 0.2) is 0 Å². The Morgan fingerprint density at radius 2 is 1.30 bits per heavy atom. The minimum absolute atomic E-state index is 0.0496. The zero-order valence-electron chi connectivity index (χ0n) is 37.2. The predicted molar refractivity (Wildman–Crippen MR) is 218 cm³/mol. The highest BCUT2D eigenvalue weighted by atomic mass is 16.8. The molecule has 0 unspecified atom stereocenters. The lowest BCUT2D eigenvalue weighted by atomic mass is 9.44. The van der Waals surface area contributed by atoms with E-state index < -0.39 is 111 Å². The van der Waals surface area contributed by atoms with Crippen LogP contribution in [-0.2, 0) is 38.0 Å². The van der Waals surface area contributed by atoms with Gasteiger partial charge in [0.1, 0.15) is 78.7 Å². The molecular weight excluding hydrogens is 828 g/mol. The smallest absolute Gasteiger partial charge is 0.187 e. The number of ether oxygens (including phenoxy) is 6. The highest BCUT2D eigenvalue weighted by Crippen LogP contribution is 2.68. The fraction of sp³-hybridized carbons (Fsp3) is 0.956. The summed E-state index contributed by atoms with van der Waals surface area (Å²) >= 11 is 0. The number of fused-ring (bicyclic) bond motifs is 5. The molecule has 18 nitrogen and oxygen atoms in total. The van der Waals surface area contributed by atoms with Gasteiger partial charge in [-0.1, -0.05) is 27.7 Å². The van der Waals surface area contributed by atoms with Crippen molar-refractivity contribution in [3.63, 3.8) is 0 Å². The molecule has 18 heteroatoms. The van der Waals surface area contributed by atoms with E-state index in [0.29, 0.717) is 50.4 Å². The van der Waals surface area contributed by atoms with Crippen molar-refractivity contribution in [3.8, 4) is 0 Å². The summed E-state index contributed by atoms with van der Waals surface area (Å²) in [5.41, 5.74) is -0.360. The maximum absolute atomic E-state index is 14.4. The number of Topliss-reactive ketones (excluding diaryl/α,β-unsaturated/α-hetero) is 2. The molecule has 63 heavy (non-hydrogen) atoms. The maximum Gasteiger partial charge on any atom is 0.187 e. The number of carbonyl (C=O) groups excluding carboxylic acids is 2. The zero-order chi connectivity index (χ0) is 45.9. The topological polar surface area (TPSA) is 292 Å². The van der Waals surface area contributed by atoms with Crippen LogP contribution in [0.25, 0.3) is 0 Å². The number of aliphatic hydroxyl groups excluding tert-OH is 10. The molecule has 3 saturated heterocycles. The van der Waals surface area contributed by atoms with Gasteiger partial charge in [-0.15, -0.1) is 0 Å². The number of aliphatic hydroxyl groups is 10. The molecule has 0 spiro atoms. The van der Waals surface area contributed by atoms with Gasteiger partial charge in [0, 0.05) is 31.3 Å². The molecule has 25 atom stereocenters. The van der Waals surface area contributed by atoms with Gasteiger partial charge < -0.3 is 79.5 Å². The highest BCUT2D eigenvalue weighted by molar-refractivity contribution is 5.83. The van der Waals surface area contributed by atoms with Crippen LogP contribution in [-0.4, -0.2) is 181 Å². The van der Waals surface area contributed by atoms with Gasteiger partial charge in [0.25, 0.3) is 0 Å². The molecule has 7 rings (SSSR count). The van der Waals surface area contributed by atoms with Crippen molar-refractivity contribution >= 4 is 11.6 Å². The molecule has 4 saturated carbocycles. The fourth-order valence-electron chi connectivity index (χ4n) is 13.2. The van der Waals surface area contributed by atoms with Crippen molar-refractivity contribution in [3.05, 3.63) is 0 Å². The van der Waals surface area contributed by atoms with E-state index in [1.54, 1.807) is 0 Å². The van der Waals surface area contributed by atoms with Crippen molar-refractivity contribution in [2.75, 3.05) is 19.8 Å². The van der Waals surface area contributed by atoms with E-state index in [1.807, 2.05) is 6.92 Å².